The number of hydrogen-bond acceptors (Lipinski definition) is 2. The lowest BCUT2D eigenvalue weighted by atomic mass is 10.0. The molecule has 1 unspecified atom stereocenters. The predicted molar refractivity (Wildman–Crippen MR) is 53.5 cm³/mol. The molecule has 1 aliphatic rings. The number of aliphatic hydroxyl groups is 1. The molecule has 0 saturated carbocycles. The van der Waals surface area contributed by atoms with Gasteiger partial charge in [-0.15, -0.1) is 0 Å². The second-order valence-electron chi connectivity index (χ2n) is 3.64. The Morgan fingerprint density at radius 3 is 2.92 bits per heavy atom. The maximum absolute atomic E-state index is 9.37. The fourth-order valence-electron chi connectivity index (χ4n) is 1.59. The fourth-order valence-corrected chi connectivity index (χ4v) is 1.59. The van der Waals surface area contributed by atoms with Crippen LogP contribution in [0.2, 0.25) is 0 Å². The van der Waals surface area contributed by atoms with Crippen molar-refractivity contribution in [2.24, 2.45) is 0 Å². The number of aliphatic hydroxyl groups excluding tert-OH is 1. The Balaban J connectivity index is 2.43. The van der Waals surface area contributed by atoms with E-state index >= 15 is 0 Å². The topological polar surface area (TPSA) is 48.0 Å². The summed E-state index contributed by atoms with van der Waals surface area (Å²) in [5.41, 5.74) is 3.30. The summed E-state index contributed by atoms with van der Waals surface area (Å²) in [4.78, 5) is 3.17. The van der Waals surface area contributed by atoms with E-state index in [0.717, 1.165) is 11.4 Å². The highest BCUT2D eigenvalue weighted by Gasteiger charge is 2.16. The van der Waals surface area contributed by atoms with Gasteiger partial charge in [-0.05, 0) is 23.6 Å². The van der Waals surface area contributed by atoms with Crippen LogP contribution in [0.25, 0.3) is 6.08 Å². The summed E-state index contributed by atoms with van der Waals surface area (Å²) in [7, 11) is 0. The van der Waals surface area contributed by atoms with Crippen molar-refractivity contribution in [3.63, 3.8) is 0 Å². The van der Waals surface area contributed by atoms with E-state index in [1.165, 1.54) is 5.56 Å². The van der Waals surface area contributed by atoms with Gasteiger partial charge in [0.1, 0.15) is 6.23 Å². The Morgan fingerprint density at radius 2 is 2.23 bits per heavy atom. The van der Waals surface area contributed by atoms with E-state index in [-0.39, 0.29) is 0 Å². The molecule has 0 saturated heterocycles. The minimum absolute atomic E-state index is 0.464. The number of nitrogens with one attached hydrogen (secondary N) is 2. The first-order chi connectivity index (χ1) is 6.18. The van der Waals surface area contributed by atoms with Crippen LogP contribution in [0, 0.1) is 0 Å². The first-order valence-electron chi connectivity index (χ1n) is 4.52. The third kappa shape index (κ3) is 1.35. The van der Waals surface area contributed by atoms with Crippen molar-refractivity contribution in [2.75, 3.05) is 5.32 Å². The van der Waals surface area contributed by atoms with Gasteiger partial charge in [-0.3, -0.25) is 0 Å². The molecule has 0 aliphatic carbocycles. The van der Waals surface area contributed by atoms with Crippen molar-refractivity contribution in [1.82, 2.24) is 4.98 Å². The minimum atomic E-state index is -0.555. The first kappa shape index (κ1) is 8.38. The van der Waals surface area contributed by atoms with Crippen LogP contribution in [0.3, 0.4) is 0 Å². The van der Waals surface area contributed by atoms with Gasteiger partial charge in [0.05, 0.1) is 11.4 Å². The maximum atomic E-state index is 9.37. The molecule has 1 atom stereocenters. The van der Waals surface area contributed by atoms with Gasteiger partial charge in [0.15, 0.2) is 0 Å². The third-order valence-corrected chi connectivity index (χ3v) is 2.30. The molecule has 3 N–H and O–H groups in total. The molecule has 1 aromatic heterocycles. The van der Waals surface area contributed by atoms with Gasteiger partial charge in [-0.1, -0.05) is 13.8 Å². The highest BCUT2D eigenvalue weighted by atomic mass is 16.3. The molecule has 2 heterocycles. The molecule has 0 spiro atoms. The van der Waals surface area contributed by atoms with Gasteiger partial charge in [-0.25, -0.2) is 0 Å². The summed E-state index contributed by atoms with van der Waals surface area (Å²) in [6.07, 6.45) is 5.07. The van der Waals surface area contributed by atoms with Gasteiger partial charge >= 0.3 is 0 Å². The fraction of sp³-hybridized carbons (Fsp3) is 0.400. The second kappa shape index (κ2) is 2.92. The molecular formula is C10H14N2O. The summed E-state index contributed by atoms with van der Waals surface area (Å²) in [5.74, 6) is 0.464. The van der Waals surface area contributed by atoms with Gasteiger partial charge in [-0.2, -0.15) is 0 Å². The van der Waals surface area contributed by atoms with Crippen LogP contribution in [0.15, 0.2) is 12.3 Å². The number of anilines is 1. The van der Waals surface area contributed by atoms with Crippen molar-refractivity contribution >= 4 is 11.8 Å². The summed E-state index contributed by atoms with van der Waals surface area (Å²) in [6.45, 7) is 4.27. The normalized spacial score (nSPS) is 20.2. The molecule has 0 radical (unpaired) electrons. The quantitative estimate of drug-likeness (QED) is 0.615. The zero-order valence-corrected chi connectivity index (χ0v) is 7.83. The Morgan fingerprint density at radius 1 is 1.46 bits per heavy atom. The average molecular weight is 178 g/mol. The van der Waals surface area contributed by atoms with Crippen molar-refractivity contribution in [3.05, 3.63) is 23.5 Å². The molecule has 1 aromatic rings. The Kier molecular flexibility index (Phi) is 1.88. The Bertz CT molecular complexity index is 339. The van der Waals surface area contributed by atoms with E-state index in [1.807, 2.05) is 12.3 Å². The molecule has 0 fully saturated rings. The summed E-state index contributed by atoms with van der Waals surface area (Å²) in [5, 5.41) is 12.4. The number of aromatic amines is 1. The SMILES string of the molecule is CC(C)c1c[nH]c2c1NC(O)C=C2. The van der Waals surface area contributed by atoms with E-state index in [4.69, 9.17) is 0 Å². The number of rotatable bonds is 1. The number of aromatic nitrogens is 1. The summed E-state index contributed by atoms with van der Waals surface area (Å²) >= 11 is 0. The molecule has 0 bridgehead atoms. The molecule has 2 rings (SSSR count). The van der Waals surface area contributed by atoms with E-state index in [9.17, 15) is 5.11 Å². The lowest BCUT2D eigenvalue weighted by Gasteiger charge is -2.17. The Labute approximate surface area is 77.5 Å². The van der Waals surface area contributed by atoms with Gasteiger partial charge in [0.25, 0.3) is 0 Å². The van der Waals surface area contributed by atoms with Crippen LogP contribution in [-0.2, 0) is 0 Å². The number of H-pyrrole nitrogens is 1. The monoisotopic (exact) mass is 178 g/mol. The molecule has 3 heteroatoms. The van der Waals surface area contributed by atoms with Crippen LogP contribution >= 0.6 is 0 Å². The molecule has 13 heavy (non-hydrogen) atoms. The van der Waals surface area contributed by atoms with E-state index in [0.29, 0.717) is 5.92 Å². The number of fused-ring (bicyclic) bond motifs is 1. The first-order valence-corrected chi connectivity index (χ1v) is 4.52. The van der Waals surface area contributed by atoms with Gasteiger partial charge in [0.2, 0.25) is 0 Å². The van der Waals surface area contributed by atoms with Crippen LogP contribution in [0.4, 0.5) is 5.69 Å². The van der Waals surface area contributed by atoms with E-state index in [1.54, 1.807) is 6.08 Å². The molecule has 3 nitrogen and oxygen atoms in total. The summed E-state index contributed by atoms with van der Waals surface area (Å²) < 4.78 is 0. The van der Waals surface area contributed by atoms with Crippen molar-refractivity contribution < 1.29 is 5.11 Å². The lowest BCUT2D eigenvalue weighted by Crippen LogP contribution is -2.19. The molecular weight excluding hydrogens is 164 g/mol. The van der Waals surface area contributed by atoms with Crippen LogP contribution in [-0.4, -0.2) is 16.3 Å². The molecule has 70 valence electrons. The van der Waals surface area contributed by atoms with E-state index < -0.39 is 6.23 Å². The number of hydrogen-bond donors (Lipinski definition) is 3. The van der Waals surface area contributed by atoms with E-state index in [2.05, 4.69) is 24.1 Å². The third-order valence-electron chi connectivity index (χ3n) is 2.30. The minimum Gasteiger partial charge on any atom is -0.370 e. The highest BCUT2D eigenvalue weighted by molar-refractivity contribution is 5.71. The van der Waals surface area contributed by atoms with Crippen LogP contribution < -0.4 is 5.32 Å². The Hall–Kier alpha value is -1.22. The van der Waals surface area contributed by atoms with Crippen molar-refractivity contribution in [2.45, 2.75) is 26.0 Å². The van der Waals surface area contributed by atoms with Gasteiger partial charge < -0.3 is 15.4 Å². The summed E-state index contributed by atoms with van der Waals surface area (Å²) in [6, 6.07) is 0. The van der Waals surface area contributed by atoms with Gasteiger partial charge in [0, 0.05) is 6.20 Å². The smallest absolute Gasteiger partial charge is 0.144 e. The van der Waals surface area contributed by atoms with Crippen LogP contribution in [0.5, 0.6) is 0 Å². The lowest BCUT2D eigenvalue weighted by molar-refractivity contribution is 0.252. The van der Waals surface area contributed by atoms with Crippen molar-refractivity contribution in [1.29, 1.82) is 0 Å². The maximum Gasteiger partial charge on any atom is 0.144 e. The molecule has 0 amide bonds. The largest absolute Gasteiger partial charge is 0.370 e. The zero-order valence-electron chi connectivity index (χ0n) is 7.83. The van der Waals surface area contributed by atoms with Crippen molar-refractivity contribution in [3.8, 4) is 0 Å². The molecule has 1 aliphatic heterocycles. The molecule has 0 aromatic carbocycles. The highest BCUT2D eigenvalue weighted by Crippen LogP contribution is 2.31. The zero-order chi connectivity index (χ0) is 9.42. The average Bonchev–Trinajstić information content (AvgIpc) is 2.46. The van der Waals surface area contributed by atoms with Crippen LogP contribution in [0.1, 0.15) is 31.0 Å². The predicted octanol–water partition coefficient (Wildman–Crippen LogP) is 1.90. The standard InChI is InChI=1S/C10H14N2O/c1-6(2)7-5-11-8-3-4-9(13)12-10(7)8/h3-6,9,11-13H,1-2H3. The second-order valence-corrected chi connectivity index (χ2v) is 3.64.